The molecule has 0 amide bonds. The first-order valence-electron chi connectivity index (χ1n) is 4.86. The molecule has 2 nitrogen and oxygen atoms in total. The number of rotatable bonds is 5. The Hall–Kier alpha value is -0.340. The van der Waals surface area contributed by atoms with Gasteiger partial charge in [0.05, 0.1) is 6.10 Å². The molecule has 70 valence electrons. The zero-order valence-electron chi connectivity index (χ0n) is 7.72. The van der Waals surface area contributed by atoms with Crippen LogP contribution in [-0.2, 0) is 4.74 Å². The van der Waals surface area contributed by atoms with E-state index < -0.39 is 0 Å². The van der Waals surface area contributed by atoms with Crippen LogP contribution in [0.5, 0.6) is 0 Å². The van der Waals surface area contributed by atoms with Crippen molar-refractivity contribution < 1.29 is 4.74 Å². The highest BCUT2D eigenvalue weighted by molar-refractivity contribution is 4.69. The lowest BCUT2D eigenvalue weighted by Gasteiger charge is -2.22. The van der Waals surface area contributed by atoms with E-state index in [1.165, 1.54) is 12.8 Å². The third-order valence-corrected chi connectivity index (χ3v) is 2.16. The third kappa shape index (κ3) is 3.88. The Morgan fingerprint density at radius 2 is 2.50 bits per heavy atom. The second-order valence-electron chi connectivity index (χ2n) is 3.27. The molecule has 1 N–H and O–H groups in total. The number of hydrogen-bond acceptors (Lipinski definition) is 2. The van der Waals surface area contributed by atoms with Crippen molar-refractivity contribution in [1.82, 2.24) is 5.32 Å². The monoisotopic (exact) mass is 169 g/mol. The Morgan fingerprint density at radius 1 is 1.58 bits per heavy atom. The molecule has 1 saturated heterocycles. The lowest BCUT2D eigenvalue weighted by atomic mass is 10.1. The second kappa shape index (κ2) is 6.21. The van der Waals surface area contributed by atoms with Crippen LogP contribution in [0.4, 0.5) is 0 Å². The molecule has 1 fully saturated rings. The van der Waals surface area contributed by atoms with E-state index in [0.717, 1.165) is 32.5 Å². The van der Waals surface area contributed by atoms with E-state index in [2.05, 4.69) is 11.9 Å². The third-order valence-electron chi connectivity index (χ3n) is 2.16. The van der Waals surface area contributed by atoms with Crippen LogP contribution < -0.4 is 5.32 Å². The summed E-state index contributed by atoms with van der Waals surface area (Å²) in [6.45, 7) is 6.76. The van der Waals surface area contributed by atoms with Crippen molar-refractivity contribution in [2.24, 2.45) is 0 Å². The van der Waals surface area contributed by atoms with Crippen LogP contribution >= 0.6 is 0 Å². The highest BCUT2D eigenvalue weighted by Gasteiger charge is 2.11. The maximum absolute atomic E-state index is 5.67. The lowest BCUT2D eigenvalue weighted by Crippen LogP contribution is -2.35. The molecule has 0 aromatic heterocycles. The summed E-state index contributed by atoms with van der Waals surface area (Å²) in [5.41, 5.74) is 0. The van der Waals surface area contributed by atoms with Gasteiger partial charge in [0.2, 0.25) is 0 Å². The molecule has 1 rings (SSSR count). The minimum Gasteiger partial charge on any atom is -0.377 e. The number of piperidine rings is 1. The van der Waals surface area contributed by atoms with Crippen LogP contribution in [0.2, 0.25) is 0 Å². The first-order chi connectivity index (χ1) is 5.93. The highest BCUT2D eigenvalue weighted by atomic mass is 16.5. The molecule has 0 aromatic carbocycles. The van der Waals surface area contributed by atoms with Crippen LogP contribution in [0.1, 0.15) is 25.7 Å². The van der Waals surface area contributed by atoms with E-state index >= 15 is 0 Å². The summed E-state index contributed by atoms with van der Waals surface area (Å²) >= 11 is 0. The molecule has 0 spiro atoms. The molecule has 2 heteroatoms. The average molecular weight is 169 g/mol. The van der Waals surface area contributed by atoms with Crippen LogP contribution in [0.3, 0.4) is 0 Å². The fraction of sp³-hybridized carbons (Fsp3) is 0.800. The first kappa shape index (κ1) is 9.75. The Labute approximate surface area is 75.0 Å². The van der Waals surface area contributed by atoms with E-state index in [-0.39, 0.29) is 0 Å². The molecular weight excluding hydrogens is 150 g/mol. The van der Waals surface area contributed by atoms with E-state index in [1.807, 2.05) is 6.08 Å². The van der Waals surface area contributed by atoms with E-state index in [4.69, 9.17) is 4.74 Å². The van der Waals surface area contributed by atoms with Gasteiger partial charge >= 0.3 is 0 Å². The molecule has 0 bridgehead atoms. The first-order valence-corrected chi connectivity index (χ1v) is 4.86. The van der Waals surface area contributed by atoms with Gasteiger partial charge in [0.15, 0.2) is 0 Å². The number of nitrogens with one attached hydrogen (secondary N) is 1. The van der Waals surface area contributed by atoms with Gasteiger partial charge in [0.1, 0.15) is 0 Å². The van der Waals surface area contributed by atoms with Crippen LogP contribution in [0, 0.1) is 0 Å². The molecule has 1 atom stereocenters. The summed E-state index contributed by atoms with van der Waals surface area (Å²) in [5.74, 6) is 0. The number of unbranched alkanes of at least 4 members (excludes halogenated alkanes) is 1. The Bertz CT molecular complexity index is 119. The Morgan fingerprint density at radius 3 is 3.17 bits per heavy atom. The molecule has 0 radical (unpaired) electrons. The quantitative estimate of drug-likeness (QED) is 0.500. The summed E-state index contributed by atoms with van der Waals surface area (Å²) in [6.07, 6.45) is 7.07. The van der Waals surface area contributed by atoms with Gasteiger partial charge in [0.25, 0.3) is 0 Å². The summed E-state index contributed by atoms with van der Waals surface area (Å²) in [5, 5.41) is 3.33. The normalized spacial score (nSPS) is 23.8. The molecule has 1 aliphatic rings. The van der Waals surface area contributed by atoms with E-state index in [9.17, 15) is 0 Å². The van der Waals surface area contributed by atoms with Crippen LogP contribution in [0.25, 0.3) is 0 Å². The molecule has 0 aromatic rings. The SMILES string of the molecule is C=CCCCO[C@H]1CCCNC1. The molecule has 0 unspecified atom stereocenters. The summed E-state index contributed by atoms with van der Waals surface area (Å²) in [4.78, 5) is 0. The van der Waals surface area contributed by atoms with E-state index in [1.54, 1.807) is 0 Å². The average Bonchev–Trinajstić information content (AvgIpc) is 2.14. The lowest BCUT2D eigenvalue weighted by molar-refractivity contribution is 0.0361. The predicted molar refractivity (Wildman–Crippen MR) is 51.3 cm³/mol. The van der Waals surface area contributed by atoms with Crippen molar-refractivity contribution in [3.05, 3.63) is 12.7 Å². The van der Waals surface area contributed by atoms with Crippen molar-refractivity contribution in [1.29, 1.82) is 0 Å². The molecule has 0 aliphatic carbocycles. The van der Waals surface area contributed by atoms with Gasteiger partial charge < -0.3 is 10.1 Å². The number of hydrogen-bond donors (Lipinski definition) is 1. The topological polar surface area (TPSA) is 21.3 Å². The standard InChI is InChI=1S/C10H19NO/c1-2-3-4-8-12-10-6-5-7-11-9-10/h2,10-11H,1,3-9H2/t10-/m0/s1. The largest absolute Gasteiger partial charge is 0.377 e. The van der Waals surface area contributed by atoms with Crippen LogP contribution in [0.15, 0.2) is 12.7 Å². The van der Waals surface area contributed by atoms with Gasteiger partial charge in [-0.15, -0.1) is 6.58 Å². The van der Waals surface area contributed by atoms with Gasteiger partial charge in [0, 0.05) is 13.2 Å². The van der Waals surface area contributed by atoms with Gasteiger partial charge in [-0.05, 0) is 32.2 Å². The fourth-order valence-electron chi connectivity index (χ4n) is 1.44. The highest BCUT2D eigenvalue weighted by Crippen LogP contribution is 2.06. The molecule has 1 heterocycles. The fourth-order valence-corrected chi connectivity index (χ4v) is 1.44. The second-order valence-corrected chi connectivity index (χ2v) is 3.27. The Kier molecular flexibility index (Phi) is 5.04. The van der Waals surface area contributed by atoms with E-state index in [0.29, 0.717) is 6.10 Å². The Balaban J connectivity index is 1.94. The van der Waals surface area contributed by atoms with Crippen molar-refractivity contribution in [3.8, 4) is 0 Å². The summed E-state index contributed by atoms with van der Waals surface area (Å²) < 4.78 is 5.67. The van der Waals surface area contributed by atoms with Crippen molar-refractivity contribution >= 4 is 0 Å². The summed E-state index contributed by atoms with van der Waals surface area (Å²) in [6, 6.07) is 0. The minimum absolute atomic E-state index is 0.462. The van der Waals surface area contributed by atoms with Gasteiger partial charge in [-0.3, -0.25) is 0 Å². The molecular formula is C10H19NO. The number of allylic oxidation sites excluding steroid dienone is 1. The van der Waals surface area contributed by atoms with Crippen molar-refractivity contribution in [3.63, 3.8) is 0 Å². The molecule has 0 saturated carbocycles. The van der Waals surface area contributed by atoms with Gasteiger partial charge in [-0.2, -0.15) is 0 Å². The van der Waals surface area contributed by atoms with Crippen molar-refractivity contribution in [2.75, 3.05) is 19.7 Å². The zero-order chi connectivity index (χ0) is 8.65. The van der Waals surface area contributed by atoms with Gasteiger partial charge in [-0.25, -0.2) is 0 Å². The minimum atomic E-state index is 0.462. The maximum Gasteiger partial charge on any atom is 0.0699 e. The maximum atomic E-state index is 5.67. The smallest absolute Gasteiger partial charge is 0.0699 e. The van der Waals surface area contributed by atoms with Gasteiger partial charge in [-0.1, -0.05) is 6.08 Å². The van der Waals surface area contributed by atoms with Crippen LogP contribution in [-0.4, -0.2) is 25.8 Å². The van der Waals surface area contributed by atoms with Crippen molar-refractivity contribution in [2.45, 2.75) is 31.8 Å². The predicted octanol–water partition coefficient (Wildman–Crippen LogP) is 1.72. The molecule has 1 aliphatic heterocycles. The zero-order valence-corrected chi connectivity index (χ0v) is 7.72. The number of ether oxygens (including phenoxy) is 1. The molecule has 12 heavy (non-hydrogen) atoms. The summed E-state index contributed by atoms with van der Waals surface area (Å²) in [7, 11) is 0.